The zero-order valence-corrected chi connectivity index (χ0v) is 32.6. The average Bonchev–Trinajstić information content (AvgIpc) is 3.66. The molecular weight excluding hydrogens is 615 g/mol. The maximum Gasteiger partial charge on any atom is 0.0762 e. The lowest BCUT2D eigenvalue weighted by Crippen LogP contribution is -2.45. The van der Waals surface area contributed by atoms with Crippen LogP contribution in [0.4, 0.5) is 0 Å². The number of unbranched alkanes of at least 4 members (excludes halogenated alkanes) is 3. The topological polar surface area (TPSA) is 14.2 Å². The number of hydrogen-bond donors (Lipinski definition) is 0. The van der Waals surface area contributed by atoms with Gasteiger partial charge in [-0.05, 0) is 79.6 Å². The molecule has 0 N–H and O–H groups in total. The summed E-state index contributed by atoms with van der Waals surface area (Å²) in [6, 6.07) is 36.9. The summed E-state index contributed by atoms with van der Waals surface area (Å²) in [6.45, 7) is 20.0. The van der Waals surface area contributed by atoms with E-state index in [1.807, 2.05) is 0 Å². The largest absolute Gasteiger partial charge is 0.376 e. The predicted molar refractivity (Wildman–Crippen MR) is 212 cm³/mol. The SMILES string of the molecule is Cc1ccc2c(c1)c1c(n2C[Si](C)(C)C)-c2ccccc2C1[Si](C)(CCCCCCOC(C)(C)C)C1c2ccccc2-c2ccccc21. The Hall–Kier alpha value is -3.19. The van der Waals surface area contributed by atoms with Gasteiger partial charge in [0.25, 0.3) is 0 Å². The lowest BCUT2D eigenvalue weighted by atomic mass is 10.1. The van der Waals surface area contributed by atoms with Crippen molar-refractivity contribution in [3.05, 3.63) is 119 Å². The minimum Gasteiger partial charge on any atom is -0.376 e. The Kier molecular flexibility index (Phi) is 8.75. The summed E-state index contributed by atoms with van der Waals surface area (Å²) in [5.74, 6) is 0. The summed E-state index contributed by atoms with van der Waals surface area (Å²) in [7, 11) is -3.63. The van der Waals surface area contributed by atoms with Crippen LogP contribution in [0.25, 0.3) is 33.3 Å². The third kappa shape index (κ3) is 5.99. The van der Waals surface area contributed by atoms with Gasteiger partial charge >= 0.3 is 0 Å². The summed E-state index contributed by atoms with van der Waals surface area (Å²) in [5.41, 5.74) is 15.9. The fraction of sp³-hybridized carbons (Fsp3) is 0.409. The van der Waals surface area contributed by atoms with E-state index < -0.39 is 16.1 Å². The van der Waals surface area contributed by atoms with E-state index in [9.17, 15) is 0 Å². The number of rotatable bonds is 11. The normalized spacial score (nSPS) is 16.9. The summed E-state index contributed by atoms with van der Waals surface area (Å²) in [6.07, 6.45) is 6.07. The Morgan fingerprint density at radius 3 is 1.83 bits per heavy atom. The molecule has 0 saturated carbocycles. The second kappa shape index (κ2) is 12.6. The van der Waals surface area contributed by atoms with E-state index in [1.54, 1.807) is 22.3 Å². The summed E-state index contributed by atoms with van der Waals surface area (Å²) in [5, 5.41) is 1.50. The molecule has 7 rings (SSSR count). The Labute approximate surface area is 291 Å². The van der Waals surface area contributed by atoms with Crippen molar-refractivity contribution in [2.75, 3.05) is 6.61 Å². The van der Waals surface area contributed by atoms with Crippen LogP contribution < -0.4 is 0 Å². The van der Waals surface area contributed by atoms with Crippen LogP contribution in [0.5, 0.6) is 0 Å². The van der Waals surface area contributed by atoms with Crippen molar-refractivity contribution in [3.63, 3.8) is 0 Å². The van der Waals surface area contributed by atoms with Gasteiger partial charge in [-0.15, -0.1) is 0 Å². The minimum atomic E-state index is -2.20. The van der Waals surface area contributed by atoms with E-state index in [0.29, 0.717) is 11.1 Å². The van der Waals surface area contributed by atoms with Gasteiger partial charge < -0.3 is 9.30 Å². The maximum absolute atomic E-state index is 6.09. The van der Waals surface area contributed by atoms with Crippen molar-refractivity contribution >= 4 is 27.1 Å². The van der Waals surface area contributed by atoms with Gasteiger partial charge in [-0.1, -0.05) is 136 Å². The maximum atomic E-state index is 6.09. The third-order valence-corrected chi connectivity index (χ3v) is 17.6. The first-order valence-electron chi connectivity index (χ1n) is 18.4. The molecule has 1 heterocycles. The third-order valence-electron chi connectivity index (χ3n) is 11.0. The smallest absolute Gasteiger partial charge is 0.0762 e. The van der Waals surface area contributed by atoms with Crippen molar-refractivity contribution in [2.24, 2.45) is 0 Å². The molecule has 0 radical (unpaired) electrons. The van der Waals surface area contributed by atoms with Gasteiger partial charge in [-0.3, -0.25) is 0 Å². The van der Waals surface area contributed by atoms with Gasteiger partial charge in [0.2, 0.25) is 0 Å². The number of nitrogens with zero attached hydrogens (tertiary/aromatic N) is 1. The fourth-order valence-corrected chi connectivity index (χ4v) is 16.2. The van der Waals surface area contributed by atoms with Crippen molar-refractivity contribution in [1.82, 2.24) is 4.57 Å². The van der Waals surface area contributed by atoms with E-state index in [-0.39, 0.29) is 5.60 Å². The molecule has 1 aromatic heterocycles. The van der Waals surface area contributed by atoms with Gasteiger partial charge in [0.15, 0.2) is 0 Å². The monoisotopic (exact) mass is 669 g/mol. The molecule has 4 heteroatoms. The molecule has 48 heavy (non-hydrogen) atoms. The molecule has 5 aromatic rings. The van der Waals surface area contributed by atoms with Gasteiger partial charge in [-0.25, -0.2) is 0 Å². The highest BCUT2D eigenvalue weighted by Crippen LogP contribution is 2.60. The zero-order valence-electron chi connectivity index (χ0n) is 30.6. The molecule has 0 amide bonds. The Balaban J connectivity index is 1.40. The standard InChI is InChI=1S/C44H55NOSi2/c1-31-25-26-39-38(29-31)40-41(45(39)30-47(5,6)7)34-21-13-16-24-37(34)43(40)48(8,28-18-10-9-17-27-46-44(2,3)4)42-35-22-14-11-19-32(35)33-20-12-15-23-36(33)42/h11-16,19-26,29,42-43H,9-10,17-18,27-28,30H2,1-8H3. The van der Waals surface area contributed by atoms with Crippen LogP contribution in [-0.2, 0) is 10.9 Å². The first kappa shape index (κ1) is 33.3. The second-order valence-electron chi connectivity index (χ2n) is 17.2. The molecule has 2 aliphatic rings. The molecule has 2 aliphatic carbocycles. The number of aryl methyl sites for hydroxylation is 1. The van der Waals surface area contributed by atoms with Gasteiger partial charge in [0.05, 0.1) is 27.4 Å². The van der Waals surface area contributed by atoms with E-state index in [0.717, 1.165) is 19.2 Å². The summed E-state index contributed by atoms with van der Waals surface area (Å²) < 4.78 is 8.85. The van der Waals surface area contributed by atoms with Crippen LogP contribution in [0, 0.1) is 6.92 Å². The van der Waals surface area contributed by atoms with Crippen molar-refractivity contribution in [3.8, 4) is 22.4 Å². The predicted octanol–water partition coefficient (Wildman–Crippen LogP) is 12.3. The van der Waals surface area contributed by atoms with E-state index in [4.69, 9.17) is 4.74 Å². The molecule has 2 nitrogen and oxygen atoms in total. The van der Waals surface area contributed by atoms with Crippen LogP contribution >= 0.6 is 0 Å². The quantitative estimate of drug-likeness (QED) is 0.101. The Morgan fingerprint density at radius 1 is 0.667 bits per heavy atom. The highest BCUT2D eigenvalue weighted by molar-refractivity contribution is 6.83. The van der Waals surface area contributed by atoms with Crippen LogP contribution in [0.15, 0.2) is 91.0 Å². The highest BCUT2D eigenvalue weighted by atomic mass is 28.3. The molecular formula is C44H55NOSi2. The minimum absolute atomic E-state index is 0.0602. The molecule has 250 valence electrons. The summed E-state index contributed by atoms with van der Waals surface area (Å²) >= 11 is 0. The van der Waals surface area contributed by atoms with Crippen LogP contribution in [0.3, 0.4) is 0 Å². The van der Waals surface area contributed by atoms with E-state index in [1.165, 1.54) is 64.2 Å². The zero-order chi connectivity index (χ0) is 33.8. The Bertz CT molecular complexity index is 1910. The molecule has 2 unspecified atom stereocenters. The number of ether oxygens (including phenoxy) is 1. The summed E-state index contributed by atoms with van der Waals surface area (Å²) in [4.78, 5) is 0. The fourth-order valence-electron chi connectivity index (χ4n) is 9.18. The number of hydrogen-bond acceptors (Lipinski definition) is 1. The lowest BCUT2D eigenvalue weighted by Gasteiger charge is -2.41. The van der Waals surface area contributed by atoms with Gasteiger partial charge in [-0.2, -0.15) is 0 Å². The number of benzene rings is 4. The Morgan fingerprint density at radius 2 is 1.23 bits per heavy atom. The van der Waals surface area contributed by atoms with E-state index >= 15 is 0 Å². The van der Waals surface area contributed by atoms with Crippen molar-refractivity contribution < 1.29 is 4.74 Å². The molecule has 0 bridgehead atoms. The first-order chi connectivity index (χ1) is 22.9. The van der Waals surface area contributed by atoms with Crippen molar-refractivity contribution in [2.45, 2.75) is 108 Å². The van der Waals surface area contributed by atoms with E-state index in [2.05, 4.69) is 149 Å². The number of aromatic nitrogens is 1. The molecule has 0 spiro atoms. The van der Waals surface area contributed by atoms with Gasteiger partial charge in [0, 0.05) is 40.3 Å². The second-order valence-corrected chi connectivity index (χ2v) is 27.3. The average molecular weight is 670 g/mol. The molecule has 2 atom stereocenters. The molecule has 0 saturated heterocycles. The van der Waals surface area contributed by atoms with Gasteiger partial charge in [0.1, 0.15) is 0 Å². The molecule has 0 aliphatic heterocycles. The number of fused-ring (bicyclic) bond motifs is 8. The van der Waals surface area contributed by atoms with Crippen LogP contribution in [0.2, 0.25) is 32.2 Å². The van der Waals surface area contributed by atoms with Crippen LogP contribution in [0.1, 0.15) is 85.4 Å². The molecule has 4 aromatic carbocycles. The van der Waals surface area contributed by atoms with Crippen LogP contribution in [-0.4, -0.2) is 32.9 Å². The highest BCUT2D eigenvalue weighted by Gasteiger charge is 2.53. The lowest BCUT2D eigenvalue weighted by molar-refractivity contribution is -0.00471. The molecule has 0 fully saturated rings. The van der Waals surface area contributed by atoms with Crippen molar-refractivity contribution in [1.29, 1.82) is 0 Å². The first-order valence-corrected chi connectivity index (χ1v) is 25.0.